The van der Waals surface area contributed by atoms with Crippen LogP contribution in [-0.4, -0.2) is 76.0 Å². The van der Waals surface area contributed by atoms with Crippen molar-refractivity contribution in [2.45, 2.75) is 50.7 Å². The molecule has 0 spiro atoms. The molecule has 0 aromatic carbocycles. The number of nitrogens with two attached hydrogens (primary N) is 1. The van der Waals surface area contributed by atoms with E-state index in [2.05, 4.69) is 18.1 Å². The molecule has 0 amide bonds. The molecule has 0 aliphatic carbocycles. The van der Waals surface area contributed by atoms with Gasteiger partial charge in [-0.15, -0.1) is 0 Å². The molecule has 0 saturated carbocycles. The van der Waals surface area contributed by atoms with Gasteiger partial charge in [0.2, 0.25) is 0 Å². The van der Waals surface area contributed by atoms with Crippen molar-refractivity contribution in [3.63, 3.8) is 0 Å². The molecular formula is C14H28N3O15P3. The van der Waals surface area contributed by atoms with E-state index in [0.29, 0.717) is 12.8 Å². The molecule has 1 aliphatic rings. The SMILES string of the molecule is CCCCCOP(=O)(O)OP(=O)(O)OP(=O)(O)O.Nc1ccn([C@@H]2O[C@H](CO)[C@@H](O)[C@H]2O)c(=O)n1. The number of unbranched alkanes of at least 4 members (excludes halogenated alkanes) is 2. The Morgan fingerprint density at radius 3 is 2.20 bits per heavy atom. The van der Waals surface area contributed by atoms with Gasteiger partial charge in [-0.1, -0.05) is 19.8 Å². The molecule has 9 N–H and O–H groups in total. The molecule has 18 nitrogen and oxygen atoms in total. The van der Waals surface area contributed by atoms with Crippen molar-refractivity contribution in [2.24, 2.45) is 0 Å². The Morgan fingerprint density at radius 1 is 1.09 bits per heavy atom. The lowest BCUT2D eigenvalue weighted by atomic mass is 10.1. The third-order valence-electron chi connectivity index (χ3n) is 4.06. The van der Waals surface area contributed by atoms with Crippen molar-refractivity contribution in [1.82, 2.24) is 9.55 Å². The van der Waals surface area contributed by atoms with Crippen LogP contribution in [0, 0.1) is 0 Å². The fourth-order valence-electron chi connectivity index (χ4n) is 2.56. The van der Waals surface area contributed by atoms with E-state index in [1.807, 2.05) is 6.92 Å². The summed E-state index contributed by atoms with van der Waals surface area (Å²) in [5.41, 5.74) is 4.63. The fraction of sp³-hybridized carbons (Fsp3) is 0.714. The van der Waals surface area contributed by atoms with Gasteiger partial charge in [0.1, 0.15) is 24.1 Å². The molecule has 0 radical (unpaired) electrons. The molecule has 1 aromatic rings. The van der Waals surface area contributed by atoms with Gasteiger partial charge >= 0.3 is 29.2 Å². The Labute approximate surface area is 198 Å². The average Bonchev–Trinajstić information content (AvgIpc) is 2.97. The molecular weight excluding hydrogens is 543 g/mol. The summed E-state index contributed by atoms with van der Waals surface area (Å²) >= 11 is 0. The number of phosphoric ester groups is 1. The highest BCUT2D eigenvalue weighted by atomic mass is 31.3. The summed E-state index contributed by atoms with van der Waals surface area (Å²) < 4.78 is 49.8. The fourth-order valence-corrected chi connectivity index (χ4v) is 5.62. The van der Waals surface area contributed by atoms with Gasteiger partial charge in [-0.2, -0.15) is 13.6 Å². The Morgan fingerprint density at radius 2 is 1.71 bits per heavy atom. The molecule has 204 valence electrons. The monoisotopic (exact) mass is 571 g/mol. The van der Waals surface area contributed by atoms with E-state index in [-0.39, 0.29) is 12.4 Å². The van der Waals surface area contributed by atoms with E-state index in [4.69, 9.17) is 35.2 Å². The quantitative estimate of drug-likeness (QED) is 0.116. The Bertz CT molecular complexity index is 1020. The van der Waals surface area contributed by atoms with E-state index >= 15 is 0 Å². The first-order valence-electron chi connectivity index (χ1n) is 9.77. The number of nitrogen functional groups attached to an aromatic ring is 1. The summed E-state index contributed by atoms with van der Waals surface area (Å²) in [5, 5.41) is 28.2. The maximum absolute atomic E-state index is 11.5. The van der Waals surface area contributed by atoms with Crippen LogP contribution in [0.2, 0.25) is 0 Å². The molecule has 2 unspecified atom stereocenters. The molecule has 1 aliphatic heterocycles. The van der Waals surface area contributed by atoms with E-state index in [1.165, 1.54) is 12.3 Å². The van der Waals surface area contributed by atoms with Gasteiger partial charge in [-0.05, 0) is 12.5 Å². The Hall–Kier alpha value is -1.07. The van der Waals surface area contributed by atoms with Crippen molar-refractivity contribution in [3.05, 3.63) is 22.7 Å². The number of anilines is 1. The van der Waals surface area contributed by atoms with Gasteiger partial charge in [-0.25, -0.2) is 18.5 Å². The number of aliphatic hydroxyl groups is 3. The van der Waals surface area contributed by atoms with Crippen LogP contribution >= 0.6 is 23.5 Å². The smallest absolute Gasteiger partial charge is 0.394 e. The zero-order valence-corrected chi connectivity index (χ0v) is 20.9. The van der Waals surface area contributed by atoms with Crippen LogP contribution in [0.5, 0.6) is 0 Å². The number of ether oxygens (including phenoxy) is 1. The van der Waals surface area contributed by atoms with E-state index < -0.39 is 60.3 Å². The largest absolute Gasteiger partial charge is 0.490 e. The standard InChI is InChI=1S/C9H13N3O5.C5H15O10P3/c10-5-1-2-12(9(16)11-5)8-7(15)6(14)4(3-13)17-8;1-2-3-4-5-13-17(9,10)15-18(11,12)14-16(6,7)8/h1-2,4,6-8,13-15H,3H2,(H2,10,11,16);2-5H2,1H3,(H,9,10)(H,11,12)(H2,6,7,8)/t4-,6-,7-,8-;/m1./s1. The number of hydrogen-bond donors (Lipinski definition) is 8. The van der Waals surface area contributed by atoms with Crippen LogP contribution in [0.4, 0.5) is 5.82 Å². The van der Waals surface area contributed by atoms with Crippen molar-refractivity contribution in [2.75, 3.05) is 18.9 Å². The van der Waals surface area contributed by atoms with Gasteiger partial charge in [0.15, 0.2) is 6.23 Å². The van der Waals surface area contributed by atoms with Crippen LogP contribution in [-0.2, 0) is 31.6 Å². The van der Waals surface area contributed by atoms with E-state index in [1.54, 1.807) is 0 Å². The van der Waals surface area contributed by atoms with E-state index in [0.717, 1.165) is 11.0 Å². The van der Waals surface area contributed by atoms with Crippen molar-refractivity contribution in [1.29, 1.82) is 0 Å². The Balaban J connectivity index is 0.000000350. The minimum atomic E-state index is -5.39. The van der Waals surface area contributed by atoms with Crippen LogP contribution < -0.4 is 11.4 Å². The predicted molar refractivity (Wildman–Crippen MR) is 115 cm³/mol. The molecule has 2 heterocycles. The summed E-state index contributed by atoms with van der Waals surface area (Å²) in [4.78, 5) is 49.3. The van der Waals surface area contributed by atoms with E-state index in [9.17, 15) is 28.7 Å². The zero-order valence-electron chi connectivity index (χ0n) is 18.2. The lowest BCUT2D eigenvalue weighted by molar-refractivity contribution is -0.0549. The van der Waals surface area contributed by atoms with Crippen molar-refractivity contribution >= 4 is 29.3 Å². The molecule has 0 bridgehead atoms. The second-order valence-corrected chi connectivity index (χ2v) is 11.3. The number of nitrogens with zero attached hydrogens (tertiary/aromatic N) is 2. The highest BCUT2D eigenvalue weighted by Gasteiger charge is 2.44. The normalized spacial score (nSPS) is 25.8. The number of rotatable bonds is 11. The number of aromatic nitrogens is 2. The third kappa shape index (κ3) is 11.2. The molecule has 1 fully saturated rings. The highest BCUT2D eigenvalue weighted by molar-refractivity contribution is 7.66. The average molecular weight is 571 g/mol. The summed E-state index contributed by atoms with van der Waals surface area (Å²) in [6.45, 7) is 1.22. The highest BCUT2D eigenvalue weighted by Crippen LogP contribution is 2.66. The van der Waals surface area contributed by atoms with Gasteiger partial charge < -0.3 is 45.4 Å². The lowest BCUT2D eigenvalue weighted by Crippen LogP contribution is -2.36. The summed E-state index contributed by atoms with van der Waals surface area (Å²) in [6, 6.07) is 1.37. The first-order chi connectivity index (χ1) is 16.0. The number of aliphatic hydroxyl groups excluding tert-OH is 3. The lowest BCUT2D eigenvalue weighted by Gasteiger charge is -2.16. The first kappa shape index (κ1) is 32.0. The summed E-state index contributed by atoms with van der Waals surface area (Å²) in [7, 11) is -15.6. The summed E-state index contributed by atoms with van der Waals surface area (Å²) in [6.07, 6.45) is -1.33. The third-order valence-corrected chi connectivity index (χ3v) is 7.90. The van der Waals surface area contributed by atoms with Gasteiger partial charge in [-0.3, -0.25) is 9.09 Å². The van der Waals surface area contributed by atoms with Gasteiger partial charge in [0.05, 0.1) is 13.2 Å². The molecule has 2 rings (SSSR count). The second-order valence-electron chi connectivity index (χ2n) is 6.90. The second kappa shape index (κ2) is 13.5. The molecule has 21 heteroatoms. The maximum Gasteiger partial charge on any atom is 0.490 e. The molecule has 35 heavy (non-hydrogen) atoms. The molecule has 6 atom stereocenters. The summed E-state index contributed by atoms with van der Waals surface area (Å²) in [5.74, 6) is 0.0537. The predicted octanol–water partition coefficient (Wildman–Crippen LogP) is -1.04. The van der Waals surface area contributed by atoms with Gasteiger partial charge in [0.25, 0.3) is 0 Å². The van der Waals surface area contributed by atoms with Crippen LogP contribution in [0.3, 0.4) is 0 Å². The van der Waals surface area contributed by atoms with Crippen molar-refractivity contribution < 1.29 is 66.5 Å². The van der Waals surface area contributed by atoms with Crippen LogP contribution in [0.15, 0.2) is 17.1 Å². The maximum atomic E-state index is 11.5. The first-order valence-corrected chi connectivity index (χ1v) is 14.3. The van der Waals surface area contributed by atoms with Crippen LogP contribution in [0.25, 0.3) is 0 Å². The Kier molecular flexibility index (Phi) is 12.3. The van der Waals surface area contributed by atoms with Crippen molar-refractivity contribution in [3.8, 4) is 0 Å². The number of hydrogen-bond acceptors (Lipinski definition) is 13. The molecule has 1 aromatic heterocycles. The minimum absolute atomic E-state index is 0.0537. The topological polar surface area (TPSA) is 291 Å². The van der Waals surface area contributed by atoms with Gasteiger partial charge in [0, 0.05) is 6.20 Å². The van der Waals surface area contributed by atoms with Crippen LogP contribution in [0.1, 0.15) is 32.4 Å². The number of phosphoric acid groups is 3. The minimum Gasteiger partial charge on any atom is -0.394 e. The zero-order chi connectivity index (χ0) is 27.0. The molecule has 1 saturated heterocycles.